The lowest BCUT2D eigenvalue weighted by atomic mass is 9.66. The molecule has 0 aromatic heterocycles. The average Bonchev–Trinajstić information content (AvgIpc) is 2.61. The maximum Gasteiger partial charge on any atom is 0.315 e. The van der Waals surface area contributed by atoms with Crippen molar-refractivity contribution in [3.05, 3.63) is 34.9 Å². The predicted molar refractivity (Wildman–Crippen MR) is 116 cm³/mol. The van der Waals surface area contributed by atoms with E-state index in [4.69, 9.17) is 11.6 Å². The number of piperidine rings is 1. The molecule has 162 valence electrons. The van der Waals surface area contributed by atoms with Crippen LogP contribution in [-0.4, -0.2) is 47.1 Å². The highest BCUT2D eigenvalue weighted by Gasteiger charge is 2.50. The molecule has 1 aromatic rings. The Morgan fingerprint density at radius 1 is 1.10 bits per heavy atom. The second kappa shape index (κ2) is 8.92. The fourth-order valence-electron chi connectivity index (χ4n) is 3.93. The van der Waals surface area contributed by atoms with Crippen LogP contribution in [-0.2, 0) is 10.4 Å². The number of hydrogen-bond acceptors (Lipinski definition) is 3. The first-order valence-electron chi connectivity index (χ1n) is 10.2. The van der Waals surface area contributed by atoms with Crippen LogP contribution in [0.1, 0.15) is 53.5 Å². The van der Waals surface area contributed by atoms with Crippen LogP contribution in [0.15, 0.2) is 24.3 Å². The molecule has 0 bridgehead atoms. The van der Waals surface area contributed by atoms with E-state index in [1.54, 1.807) is 17.0 Å². The average molecular weight is 424 g/mol. The summed E-state index contributed by atoms with van der Waals surface area (Å²) in [6.07, 6.45) is 0.413. The maximum absolute atomic E-state index is 13.2. The normalized spacial score (nSPS) is 22.5. The van der Waals surface area contributed by atoms with Gasteiger partial charge in [-0.1, -0.05) is 51.4 Å². The van der Waals surface area contributed by atoms with Crippen molar-refractivity contribution in [2.24, 2.45) is 11.3 Å². The quantitative estimate of drug-likeness (QED) is 0.677. The van der Waals surface area contributed by atoms with Crippen molar-refractivity contribution in [1.29, 1.82) is 0 Å². The number of nitrogens with one attached hydrogen (secondary N) is 2. The Balaban J connectivity index is 2.17. The van der Waals surface area contributed by atoms with Crippen molar-refractivity contribution in [2.75, 3.05) is 13.1 Å². The third-order valence-corrected chi connectivity index (χ3v) is 5.97. The summed E-state index contributed by atoms with van der Waals surface area (Å²) in [6, 6.07) is 6.25. The van der Waals surface area contributed by atoms with Gasteiger partial charge in [0, 0.05) is 29.6 Å². The highest BCUT2D eigenvalue weighted by Crippen LogP contribution is 2.46. The van der Waals surface area contributed by atoms with Crippen molar-refractivity contribution in [2.45, 2.75) is 65.6 Å². The third kappa shape index (κ3) is 5.23. The molecule has 3 amide bonds. The van der Waals surface area contributed by atoms with Crippen LogP contribution in [0.4, 0.5) is 4.79 Å². The van der Waals surface area contributed by atoms with Gasteiger partial charge in [-0.05, 0) is 43.9 Å². The number of aliphatic hydroxyl groups is 1. The molecule has 2 rings (SSSR count). The van der Waals surface area contributed by atoms with Gasteiger partial charge in [0.15, 0.2) is 0 Å². The summed E-state index contributed by atoms with van der Waals surface area (Å²) in [5, 5.41) is 17.7. The fraction of sp³-hybridized carbons (Fsp3) is 0.636. The van der Waals surface area contributed by atoms with E-state index < -0.39 is 17.1 Å². The molecule has 0 unspecified atom stereocenters. The minimum atomic E-state index is -1.07. The van der Waals surface area contributed by atoms with Crippen LogP contribution >= 0.6 is 11.6 Å². The van der Waals surface area contributed by atoms with E-state index in [1.807, 2.05) is 53.7 Å². The summed E-state index contributed by atoms with van der Waals surface area (Å²) in [5.74, 6) is -0.175. The lowest BCUT2D eigenvalue weighted by Gasteiger charge is -2.51. The molecule has 1 saturated heterocycles. The van der Waals surface area contributed by atoms with E-state index in [2.05, 4.69) is 10.6 Å². The number of hydrogen-bond donors (Lipinski definition) is 3. The van der Waals surface area contributed by atoms with Gasteiger partial charge in [-0.15, -0.1) is 0 Å². The van der Waals surface area contributed by atoms with E-state index in [0.29, 0.717) is 24.5 Å². The van der Waals surface area contributed by atoms with Gasteiger partial charge in [0.2, 0.25) is 5.91 Å². The van der Waals surface area contributed by atoms with Crippen molar-refractivity contribution in [1.82, 2.24) is 15.5 Å². The maximum atomic E-state index is 13.2. The summed E-state index contributed by atoms with van der Waals surface area (Å²) in [5.41, 5.74) is -0.838. The number of likely N-dealkylation sites (tertiary alicyclic amines) is 1. The van der Waals surface area contributed by atoms with Crippen molar-refractivity contribution >= 4 is 23.5 Å². The monoisotopic (exact) mass is 423 g/mol. The molecule has 1 heterocycles. The number of carbonyl (C=O) groups excluding carboxylic acids is 2. The molecular weight excluding hydrogens is 390 g/mol. The standard InChI is InChI=1S/C22H34ClN3O3/c1-14(2)18(25-20(28)24-15(3)4)19(27)26-12-11-22(29,21(5,6)13-26)16-7-9-17(23)10-8-16/h7-10,14-15,18,29H,11-13H2,1-6H3,(H2,24,25,28)/t18-,22+/m1/s1. The Morgan fingerprint density at radius 2 is 1.69 bits per heavy atom. The Morgan fingerprint density at radius 3 is 2.17 bits per heavy atom. The van der Waals surface area contributed by atoms with Crippen LogP contribution in [0.3, 0.4) is 0 Å². The van der Waals surface area contributed by atoms with Crippen molar-refractivity contribution < 1.29 is 14.7 Å². The minimum Gasteiger partial charge on any atom is -0.384 e. The number of carbonyl (C=O) groups is 2. The summed E-state index contributed by atoms with van der Waals surface area (Å²) < 4.78 is 0. The Hall–Kier alpha value is -1.79. The number of amides is 3. The van der Waals surface area contributed by atoms with Gasteiger partial charge in [0.25, 0.3) is 0 Å². The molecule has 6 nitrogen and oxygen atoms in total. The first-order chi connectivity index (χ1) is 13.4. The summed E-state index contributed by atoms with van der Waals surface area (Å²) in [4.78, 5) is 27.1. The third-order valence-electron chi connectivity index (χ3n) is 5.72. The van der Waals surface area contributed by atoms with Gasteiger partial charge in [-0.3, -0.25) is 4.79 Å². The first-order valence-corrected chi connectivity index (χ1v) is 10.6. The summed E-state index contributed by atoms with van der Waals surface area (Å²) >= 11 is 6.00. The molecular formula is C22H34ClN3O3. The van der Waals surface area contributed by atoms with Gasteiger partial charge in [0.1, 0.15) is 6.04 Å². The zero-order valence-electron chi connectivity index (χ0n) is 18.3. The number of rotatable bonds is 5. The Kier molecular flexibility index (Phi) is 7.23. The van der Waals surface area contributed by atoms with E-state index in [-0.39, 0.29) is 23.9 Å². The van der Waals surface area contributed by atoms with Gasteiger partial charge in [-0.25, -0.2) is 4.79 Å². The highest BCUT2D eigenvalue weighted by atomic mass is 35.5. The lowest BCUT2D eigenvalue weighted by molar-refractivity contribution is -0.155. The van der Waals surface area contributed by atoms with Gasteiger partial charge in [0.05, 0.1) is 5.60 Å². The molecule has 1 aromatic carbocycles. The molecule has 1 aliphatic heterocycles. The van der Waals surface area contributed by atoms with E-state index in [0.717, 1.165) is 5.56 Å². The smallest absolute Gasteiger partial charge is 0.315 e. The predicted octanol–water partition coefficient (Wildman–Crippen LogP) is 3.52. The molecule has 7 heteroatoms. The zero-order chi connectivity index (χ0) is 22.0. The van der Waals surface area contributed by atoms with Crippen LogP contribution in [0, 0.1) is 11.3 Å². The molecule has 3 N–H and O–H groups in total. The zero-order valence-corrected chi connectivity index (χ0v) is 19.0. The first kappa shape index (κ1) is 23.5. The van der Waals surface area contributed by atoms with Gasteiger partial charge >= 0.3 is 6.03 Å². The van der Waals surface area contributed by atoms with Gasteiger partial charge in [-0.2, -0.15) is 0 Å². The van der Waals surface area contributed by atoms with E-state index in [1.165, 1.54) is 0 Å². The topological polar surface area (TPSA) is 81.7 Å². The molecule has 2 atom stereocenters. The summed E-state index contributed by atoms with van der Waals surface area (Å²) in [7, 11) is 0. The number of nitrogens with zero attached hydrogens (tertiary/aromatic N) is 1. The lowest BCUT2D eigenvalue weighted by Crippen LogP contribution is -2.61. The van der Waals surface area contributed by atoms with Gasteiger partial charge < -0.3 is 20.6 Å². The van der Waals surface area contributed by atoms with Crippen LogP contribution in [0.25, 0.3) is 0 Å². The van der Waals surface area contributed by atoms with E-state index >= 15 is 0 Å². The molecule has 0 aliphatic carbocycles. The molecule has 1 fully saturated rings. The summed E-state index contributed by atoms with van der Waals surface area (Å²) in [6.45, 7) is 12.3. The van der Waals surface area contributed by atoms with Crippen LogP contribution < -0.4 is 10.6 Å². The molecule has 0 radical (unpaired) electrons. The second-order valence-corrected chi connectivity index (χ2v) is 9.69. The fourth-order valence-corrected chi connectivity index (χ4v) is 4.05. The Labute approximate surface area is 179 Å². The van der Waals surface area contributed by atoms with Crippen LogP contribution in [0.2, 0.25) is 5.02 Å². The largest absolute Gasteiger partial charge is 0.384 e. The SMILES string of the molecule is CC(C)NC(=O)N[C@@H](C(=O)N1CC[C@](O)(c2ccc(Cl)cc2)C(C)(C)C1)C(C)C. The van der Waals surface area contributed by atoms with E-state index in [9.17, 15) is 14.7 Å². The molecule has 0 saturated carbocycles. The Bertz CT molecular complexity index is 733. The van der Waals surface area contributed by atoms with Crippen LogP contribution in [0.5, 0.6) is 0 Å². The number of urea groups is 1. The number of benzene rings is 1. The molecule has 29 heavy (non-hydrogen) atoms. The molecule has 1 aliphatic rings. The van der Waals surface area contributed by atoms with Crippen molar-refractivity contribution in [3.8, 4) is 0 Å². The molecule has 0 spiro atoms. The second-order valence-electron chi connectivity index (χ2n) is 9.26. The number of halogens is 1. The minimum absolute atomic E-state index is 0.0128. The van der Waals surface area contributed by atoms with Crippen molar-refractivity contribution in [3.63, 3.8) is 0 Å². The highest BCUT2D eigenvalue weighted by molar-refractivity contribution is 6.30.